The third-order valence-corrected chi connectivity index (χ3v) is 5.28. The Kier molecular flexibility index (Phi) is 4.87. The predicted octanol–water partition coefficient (Wildman–Crippen LogP) is 3.55. The van der Waals surface area contributed by atoms with E-state index in [1.54, 1.807) is 26.1 Å². The number of nitrogens with zero attached hydrogens (tertiary/aromatic N) is 2. The molecule has 1 aliphatic heterocycles. The summed E-state index contributed by atoms with van der Waals surface area (Å²) in [6, 6.07) is 8.47. The number of carboxylic acid groups (broad SMARTS) is 1. The summed E-state index contributed by atoms with van der Waals surface area (Å²) < 4.78 is 0.274. The smallest absolute Gasteiger partial charge is 0.327 e. The van der Waals surface area contributed by atoms with Gasteiger partial charge < -0.3 is 5.11 Å². The van der Waals surface area contributed by atoms with Crippen LogP contribution in [0.4, 0.5) is 0 Å². The summed E-state index contributed by atoms with van der Waals surface area (Å²) in [7, 11) is 0. The molecule has 7 heteroatoms. The Morgan fingerprint density at radius 2 is 2.08 bits per heavy atom. The van der Waals surface area contributed by atoms with Crippen LogP contribution in [-0.4, -0.2) is 37.2 Å². The molecule has 1 amide bonds. The molecule has 2 heterocycles. The molecule has 0 saturated carbocycles. The molecule has 0 aliphatic carbocycles. The Balaban J connectivity index is 2.02. The van der Waals surface area contributed by atoms with Gasteiger partial charge in [0.1, 0.15) is 10.4 Å². The number of hydrogen-bond donors (Lipinski definition) is 1. The van der Waals surface area contributed by atoms with E-state index in [-0.39, 0.29) is 16.1 Å². The first-order chi connectivity index (χ1) is 11.9. The van der Waals surface area contributed by atoms with Gasteiger partial charge >= 0.3 is 5.97 Å². The van der Waals surface area contributed by atoms with Crippen molar-refractivity contribution < 1.29 is 14.7 Å². The molecule has 0 radical (unpaired) electrons. The van der Waals surface area contributed by atoms with E-state index in [1.807, 2.05) is 30.3 Å². The van der Waals surface area contributed by atoms with Gasteiger partial charge in [0, 0.05) is 11.6 Å². The van der Waals surface area contributed by atoms with E-state index in [0.717, 1.165) is 28.2 Å². The number of rotatable bonds is 4. The van der Waals surface area contributed by atoms with Crippen molar-refractivity contribution in [2.45, 2.75) is 19.9 Å². The fraction of sp³-hybridized carbons (Fsp3) is 0.222. The summed E-state index contributed by atoms with van der Waals surface area (Å²) >= 11 is 6.41. The predicted molar refractivity (Wildman–Crippen MR) is 103 cm³/mol. The second kappa shape index (κ2) is 6.93. The Hall–Kier alpha value is -2.25. The van der Waals surface area contributed by atoms with E-state index < -0.39 is 12.0 Å². The minimum atomic E-state index is -1.05. The molecule has 0 unspecified atom stereocenters. The second-order valence-electron chi connectivity index (χ2n) is 6.00. The maximum Gasteiger partial charge on any atom is 0.327 e. The molecule has 1 saturated heterocycles. The number of aromatic nitrogens is 1. The standard InChI is InChI=1S/C18H16N2O3S2/c1-10(2)15(17(22)23)20-16(21)14(25-18(20)24)9-11-5-3-7-13-12(11)6-4-8-19-13/h3-10,15H,1-2H3,(H,22,23)/b14-9-/t15-/m0/s1. The van der Waals surface area contributed by atoms with Crippen LogP contribution in [-0.2, 0) is 9.59 Å². The maximum atomic E-state index is 12.8. The first-order valence-corrected chi connectivity index (χ1v) is 8.96. The largest absolute Gasteiger partial charge is 0.480 e. The molecule has 128 valence electrons. The highest BCUT2D eigenvalue weighted by Gasteiger charge is 2.41. The van der Waals surface area contributed by atoms with Crippen molar-refractivity contribution in [1.29, 1.82) is 0 Å². The van der Waals surface area contributed by atoms with Gasteiger partial charge in [-0.15, -0.1) is 0 Å². The maximum absolute atomic E-state index is 12.8. The van der Waals surface area contributed by atoms with Crippen LogP contribution in [0.1, 0.15) is 19.4 Å². The Morgan fingerprint density at radius 3 is 2.76 bits per heavy atom. The Labute approximate surface area is 154 Å². The molecule has 5 nitrogen and oxygen atoms in total. The molecule has 25 heavy (non-hydrogen) atoms. The molecule has 1 aromatic carbocycles. The van der Waals surface area contributed by atoms with Crippen molar-refractivity contribution in [3.63, 3.8) is 0 Å². The van der Waals surface area contributed by atoms with Crippen molar-refractivity contribution in [1.82, 2.24) is 9.88 Å². The molecular formula is C18H16N2O3S2. The van der Waals surface area contributed by atoms with E-state index in [9.17, 15) is 14.7 Å². The fourth-order valence-electron chi connectivity index (χ4n) is 2.81. The number of carboxylic acids is 1. The molecular weight excluding hydrogens is 356 g/mol. The monoisotopic (exact) mass is 372 g/mol. The number of thiocarbonyl (C=S) groups is 1. The van der Waals surface area contributed by atoms with E-state index in [2.05, 4.69) is 4.98 Å². The number of thioether (sulfide) groups is 1. The lowest BCUT2D eigenvalue weighted by molar-refractivity contribution is -0.146. The van der Waals surface area contributed by atoms with Gasteiger partial charge in [-0.2, -0.15) is 0 Å². The van der Waals surface area contributed by atoms with E-state index in [0.29, 0.717) is 4.91 Å². The highest BCUT2D eigenvalue weighted by atomic mass is 32.2. The number of carbonyl (C=O) groups is 2. The molecule has 1 atom stereocenters. The molecule has 1 aliphatic rings. The van der Waals surface area contributed by atoms with Crippen LogP contribution in [0.25, 0.3) is 17.0 Å². The first-order valence-electron chi connectivity index (χ1n) is 7.73. The third-order valence-electron chi connectivity index (χ3n) is 3.95. The summed E-state index contributed by atoms with van der Waals surface area (Å²) in [5.74, 6) is -1.67. The normalized spacial score (nSPS) is 17.7. The van der Waals surface area contributed by atoms with E-state index in [4.69, 9.17) is 12.2 Å². The number of benzene rings is 1. The summed E-state index contributed by atoms with van der Waals surface area (Å²) in [5.41, 5.74) is 1.68. The average Bonchev–Trinajstić information content (AvgIpc) is 2.83. The fourth-order valence-corrected chi connectivity index (χ4v) is 4.13. The average molecular weight is 372 g/mol. The van der Waals surface area contributed by atoms with Gasteiger partial charge in [0.15, 0.2) is 0 Å². The van der Waals surface area contributed by atoms with Crippen LogP contribution < -0.4 is 0 Å². The lowest BCUT2D eigenvalue weighted by Gasteiger charge is -2.26. The molecule has 3 rings (SSSR count). The topological polar surface area (TPSA) is 70.5 Å². The lowest BCUT2D eigenvalue weighted by atomic mass is 10.0. The van der Waals surface area contributed by atoms with Crippen molar-refractivity contribution in [3.8, 4) is 0 Å². The highest BCUT2D eigenvalue weighted by Crippen LogP contribution is 2.36. The van der Waals surface area contributed by atoms with Crippen LogP contribution in [0.15, 0.2) is 41.4 Å². The molecule has 2 aromatic rings. The zero-order valence-corrected chi connectivity index (χ0v) is 15.3. The Bertz CT molecular complexity index is 903. The van der Waals surface area contributed by atoms with Crippen LogP contribution in [0.5, 0.6) is 0 Å². The van der Waals surface area contributed by atoms with E-state index >= 15 is 0 Å². The van der Waals surface area contributed by atoms with Gasteiger partial charge in [-0.3, -0.25) is 14.7 Å². The Morgan fingerprint density at radius 1 is 1.32 bits per heavy atom. The van der Waals surface area contributed by atoms with Crippen molar-refractivity contribution in [3.05, 3.63) is 47.0 Å². The van der Waals surface area contributed by atoms with Gasteiger partial charge in [0.25, 0.3) is 5.91 Å². The van der Waals surface area contributed by atoms with Gasteiger partial charge in [0.2, 0.25) is 0 Å². The molecule has 0 bridgehead atoms. The molecule has 0 spiro atoms. The van der Waals surface area contributed by atoms with Crippen LogP contribution in [0, 0.1) is 5.92 Å². The van der Waals surface area contributed by atoms with Crippen molar-refractivity contribution in [2.24, 2.45) is 5.92 Å². The van der Waals surface area contributed by atoms with Gasteiger partial charge in [-0.1, -0.05) is 56.0 Å². The SMILES string of the molecule is CC(C)[C@@H](C(=O)O)N1C(=O)/C(=C/c2cccc3ncccc23)SC1=S. The van der Waals surface area contributed by atoms with Crippen molar-refractivity contribution >= 4 is 57.2 Å². The minimum Gasteiger partial charge on any atom is -0.480 e. The summed E-state index contributed by atoms with van der Waals surface area (Å²) in [5, 5.41) is 10.4. The second-order valence-corrected chi connectivity index (χ2v) is 7.67. The number of pyridine rings is 1. The van der Waals surface area contributed by atoms with Crippen LogP contribution >= 0.6 is 24.0 Å². The quantitative estimate of drug-likeness (QED) is 0.654. The number of amides is 1. The molecule has 1 fully saturated rings. The lowest BCUT2D eigenvalue weighted by Crippen LogP contribution is -2.47. The first kappa shape index (κ1) is 17.6. The van der Waals surface area contributed by atoms with Gasteiger partial charge in [-0.25, -0.2) is 4.79 Å². The summed E-state index contributed by atoms with van der Waals surface area (Å²) in [6.07, 6.45) is 3.47. The minimum absolute atomic E-state index is 0.249. The number of hydrogen-bond acceptors (Lipinski definition) is 5. The third kappa shape index (κ3) is 3.29. The highest BCUT2D eigenvalue weighted by molar-refractivity contribution is 8.26. The summed E-state index contributed by atoms with van der Waals surface area (Å²) in [4.78, 5) is 30.3. The number of fused-ring (bicyclic) bond motifs is 1. The number of carbonyl (C=O) groups excluding carboxylic acids is 1. The van der Waals surface area contributed by atoms with Crippen molar-refractivity contribution in [2.75, 3.05) is 0 Å². The van der Waals surface area contributed by atoms with Gasteiger partial charge in [0.05, 0.1) is 10.4 Å². The van der Waals surface area contributed by atoms with Crippen LogP contribution in [0.2, 0.25) is 0 Å². The molecule has 1 aromatic heterocycles. The van der Waals surface area contributed by atoms with Gasteiger partial charge in [-0.05, 0) is 29.7 Å². The molecule has 1 N–H and O–H groups in total. The van der Waals surface area contributed by atoms with Crippen LogP contribution in [0.3, 0.4) is 0 Å². The zero-order valence-electron chi connectivity index (χ0n) is 13.7. The van der Waals surface area contributed by atoms with E-state index in [1.165, 1.54) is 4.90 Å². The zero-order chi connectivity index (χ0) is 18.1. The number of aliphatic carboxylic acids is 1. The summed E-state index contributed by atoms with van der Waals surface area (Å²) in [6.45, 7) is 3.52.